The molecule has 0 saturated carbocycles. The molecule has 0 radical (unpaired) electrons. The monoisotopic (exact) mass is 342 g/mol. The van der Waals surface area contributed by atoms with Gasteiger partial charge in [0.2, 0.25) is 17.7 Å². The van der Waals surface area contributed by atoms with Crippen LogP contribution in [0.2, 0.25) is 0 Å². The first kappa shape index (κ1) is 20.0. The molecule has 6 heteroatoms. The highest BCUT2D eigenvalue weighted by atomic mass is 32.2. The van der Waals surface area contributed by atoms with Crippen LogP contribution in [-0.4, -0.2) is 46.7 Å². The lowest BCUT2D eigenvalue weighted by Crippen LogP contribution is -2.35. The number of carbonyl (C=O) groups is 3. The topological polar surface area (TPSA) is 66.5 Å². The van der Waals surface area contributed by atoms with Crippen LogP contribution in [0.1, 0.15) is 65.2 Å². The van der Waals surface area contributed by atoms with Crippen molar-refractivity contribution in [3.05, 3.63) is 0 Å². The van der Waals surface area contributed by atoms with Crippen LogP contribution in [0, 0.1) is 0 Å². The van der Waals surface area contributed by atoms with E-state index >= 15 is 0 Å². The van der Waals surface area contributed by atoms with E-state index in [1.54, 1.807) is 11.8 Å². The molecule has 0 aliphatic carbocycles. The Morgan fingerprint density at radius 1 is 1.17 bits per heavy atom. The molecule has 5 nitrogen and oxygen atoms in total. The summed E-state index contributed by atoms with van der Waals surface area (Å²) in [6.45, 7) is 5.02. The minimum Gasteiger partial charge on any atom is -0.356 e. The van der Waals surface area contributed by atoms with Crippen molar-refractivity contribution < 1.29 is 14.4 Å². The maximum Gasteiger partial charge on any atom is 0.242 e. The predicted octanol–water partition coefficient (Wildman–Crippen LogP) is 2.73. The van der Waals surface area contributed by atoms with E-state index in [0.717, 1.165) is 18.6 Å². The third-order valence-electron chi connectivity index (χ3n) is 3.90. The molecular formula is C17H30N2O3S. The molecule has 1 heterocycles. The average Bonchev–Trinajstić information content (AvgIpc) is 2.80. The van der Waals surface area contributed by atoms with Gasteiger partial charge < -0.3 is 5.32 Å². The predicted molar refractivity (Wildman–Crippen MR) is 94.3 cm³/mol. The molecule has 1 aliphatic heterocycles. The lowest BCUT2D eigenvalue weighted by molar-refractivity contribution is -0.138. The lowest BCUT2D eigenvalue weighted by Gasteiger charge is -2.14. The number of nitrogens with one attached hydrogen (secondary N) is 1. The zero-order valence-corrected chi connectivity index (χ0v) is 15.3. The number of hydrogen-bond acceptors (Lipinski definition) is 4. The second kappa shape index (κ2) is 11.5. The molecule has 1 fully saturated rings. The SMILES string of the molecule is CCCCCCCSC1CC(=O)N(CCC(=O)NCCC)C1=O. The Bertz CT molecular complexity index is 401. The summed E-state index contributed by atoms with van der Waals surface area (Å²) in [7, 11) is 0. The van der Waals surface area contributed by atoms with Crippen LogP contribution in [0.15, 0.2) is 0 Å². The first-order valence-corrected chi connectivity index (χ1v) is 9.87. The second-order valence-corrected chi connectivity index (χ2v) is 7.27. The van der Waals surface area contributed by atoms with E-state index in [9.17, 15) is 14.4 Å². The molecule has 0 aromatic rings. The van der Waals surface area contributed by atoms with Crippen LogP contribution < -0.4 is 5.32 Å². The Morgan fingerprint density at radius 2 is 1.91 bits per heavy atom. The van der Waals surface area contributed by atoms with Crippen molar-refractivity contribution in [2.75, 3.05) is 18.8 Å². The Balaban J connectivity index is 2.26. The summed E-state index contributed by atoms with van der Waals surface area (Å²) in [6, 6.07) is 0. The Kier molecular flexibility index (Phi) is 9.99. The van der Waals surface area contributed by atoms with Gasteiger partial charge in [-0.3, -0.25) is 19.3 Å². The highest BCUT2D eigenvalue weighted by molar-refractivity contribution is 8.00. The summed E-state index contributed by atoms with van der Waals surface area (Å²) in [5.41, 5.74) is 0. The largest absolute Gasteiger partial charge is 0.356 e. The fourth-order valence-electron chi connectivity index (χ4n) is 2.52. The van der Waals surface area contributed by atoms with Crippen molar-refractivity contribution in [2.24, 2.45) is 0 Å². The van der Waals surface area contributed by atoms with Crippen LogP contribution in [0.5, 0.6) is 0 Å². The van der Waals surface area contributed by atoms with Gasteiger partial charge in [-0.15, -0.1) is 11.8 Å². The van der Waals surface area contributed by atoms with Crippen molar-refractivity contribution in [3.8, 4) is 0 Å². The highest BCUT2D eigenvalue weighted by Gasteiger charge is 2.38. The normalized spacial score (nSPS) is 17.8. The Labute approximate surface area is 143 Å². The van der Waals surface area contributed by atoms with Gasteiger partial charge in [-0.25, -0.2) is 0 Å². The smallest absolute Gasteiger partial charge is 0.242 e. The van der Waals surface area contributed by atoms with E-state index in [1.165, 1.54) is 30.6 Å². The molecule has 0 aromatic carbocycles. The van der Waals surface area contributed by atoms with Crippen LogP contribution >= 0.6 is 11.8 Å². The number of thioether (sulfide) groups is 1. The van der Waals surface area contributed by atoms with Gasteiger partial charge in [0.15, 0.2) is 0 Å². The number of carbonyl (C=O) groups excluding carboxylic acids is 3. The first-order chi connectivity index (χ1) is 11.1. The van der Waals surface area contributed by atoms with Crippen molar-refractivity contribution in [3.63, 3.8) is 0 Å². The molecule has 0 bridgehead atoms. The fraction of sp³-hybridized carbons (Fsp3) is 0.824. The van der Waals surface area contributed by atoms with Gasteiger partial charge in [0.25, 0.3) is 0 Å². The molecule has 1 rings (SSSR count). The van der Waals surface area contributed by atoms with Gasteiger partial charge in [0.1, 0.15) is 0 Å². The standard InChI is InChI=1S/C17H30N2O3S/c1-3-5-6-7-8-12-23-14-13-16(21)19(17(14)22)11-9-15(20)18-10-4-2/h14H,3-13H2,1-2H3,(H,18,20). The van der Waals surface area contributed by atoms with Crippen LogP contribution in [0.4, 0.5) is 0 Å². The molecule has 1 saturated heterocycles. The van der Waals surface area contributed by atoms with Crippen molar-refractivity contribution in [2.45, 2.75) is 70.5 Å². The second-order valence-electron chi connectivity index (χ2n) is 5.96. The number of likely N-dealkylation sites (tertiary alicyclic amines) is 1. The summed E-state index contributed by atoms with van der Waals surface area (Å²) in [4.78, 5) is 37.1. The molecule has 1 atom stereocenters. The molecule has 23 heavy (non-hydrogen) atoms. The molecule has 1 unspecified atom stereocenters. The van der Waals surface area contributed by atoms with Gasteiger partial charge in [0.05, 0.1) is 5.25 Å². The zero-order chi connectivity index (χ0) is 17.1. The number of amides is 3. The van der Waals surface area contributed by atoms with E-state index in [4.69, 9.17) is 0 Å². The minimum atomic E-state index is -0.243. The summed E-state index contributed by atoms with van der Waals surface area (Å²) < 4.78 is 0. The number of rotatable bonds is 12. The van der Waals surface area contributed by atoms with E-state index < -0.39 is 0 Å². The number of hydrogen-bond donors (Lipinski definition) is 1. The third-order valence-corrected chi connectivity index (χ3v) is 5.20. The molecule has 3 amide bonds. The van der Waals surface area contributed by atoms with Crippen LogP contribution in [0.25, 0.3) is 0 Å². The van der Waals surface area contributed by atoms with Crippen LogP contribution in [-0.2, 0) is 14.4 Å². The van der Waals surface area contributed by atoms with Gasteiger partial charge in [0, 0.05) is 25.9 Å². The molecule has 0 aromatic heterocycles. The van der Waals surface area contributed by atoms with Crippen molar-refractivity contribution >= 4 is 29.5 Å². The van der Waals surface area contributed by atoms with Crippen molar-refractivity contribution in [1.82, 2.24) is 10.2 Å². The summed E-state index contributed by atoms with van der Waals surface area (Å²) in [5, 5.41) is 2.52. The summed E-state index contributed by atoms with van der Waals surface area (Å²) >= 11 is 1.59. The number of imide groups is 1. The summed E-state index contributed by atoms with van der Waals surface area (Å²) in [6.07, 6.45) is 7.39. The zero-order valence-electron chi connectivity index (χ0n) is 14.4. The van der Waals surface area contributed by atoms with E-state index in [2.05, 4.69) is 12.2 Å². The minimum absolute atomic E-state index is 0.0977. The maximum absolute atomic E-state index is 12.3. The average molecular weight is 343 g/mol. The lowest BCUT2D eigenvalue weighted by atomic mass is 10.2. The van der Waals surface area contributed by atoms with Crippen LogP contribution in [0.3, 0.4) is 0 Å². The van der Waals surface area contributed by atoms with Gasteiger partial charge >= 0.3 is 0 Å². The maximum atomic E-state index is 12.3. The van der Waals surface area contributed by atoms with Gasteiger partial charge in [-0.05, 0) is 18.6 Å². The number of nitrogens with zero attached hydrogens (tertiary/aromatic N) is 1. The quantitative estimate of drug-likeness (QED) is 0.437. The van der Waals surface area contributed by atoms with E-state index in [1.807, 2.05) is 6.92 Å². The molecule has 132 valence electrons. The number of unbranched alkanes of at least 4 members (excludes halogenated alkanes) is 4. The fourth-order valence-corrected chi connectivity index (χ4v) is 3.70. The van der Waals surface area contributed by atoms with Gasteiger partial charge in [-0.2, -0.15) is 0 Å². The van der Waals surface area contributed by atoms with Crippen molar-refractivity contribution in [1.29, 1.82) is 0 Å². The summed E-state index contributed by atoms with van der Waals surface area (Å²) in [5.74, 6) is 0.580. The first-order valence-electron chi connectivity index (χ1n) is 8.82. The Hall–Kier alpha value is -1.04. The van der Waals surface area contributed by atoms with Gasteiger partial charge in [-0.1, -0.05) is 39.5 Å². The molecule has 0 spiro atoms. The van der Waals surface area contributed by atoms with E-state index in [-0.39, 0.29) is 42.4 Å². The molecular weight excluding hydrogens is 312 g/mol. The Morgan fingerprint density at radius 3 is 2.61 bits per heavy atom. The van der Waals surface area contributed by atoms with E-state index in [0.29, 0.717) is 6.54 Å². The third kappa shape index (κ3) is 7.38. The molecule has 1 aliphatic rings. The molecule has 1 N–H and O–H groups in total. The highest BCUT2D eigenvalue weighted by Crippen LogP contribution is 2.26.